The van der Waals surface area contributed by atoms with Crippen LogP contribution in [0.1, 0.15) is 38.1 Å². The van der Waals surface area contributed by atoms with Crippen LogP contribution in [0.3, 0.4) is 0 Å². The van der Waals surface area contributed by atoms with Gasteiger partial charge in [-0.25, -0.2) is 0 Å². The van der Waals surface area contributed by atoms with Crippen molar-refractivity contribution in [3.8, 4) is 5.75 Å². The number of hydrogen-bond donors (Lipinski definition) is 0. The van der Waals surface area contributed by atoms with Gasteiger partial charge in [0.15, 0.2) is 0 Å². The predicted octanol–water partition coefficient (Wildman–Crippen LogP) is 3.61. The van der Waals surface area contributed by atoms with Crippen LogP contribution in [-0.4, -0.2) is 9.78 Å². The van der Waals surface area contributed by atoms with E-state index in [1.54, 1.807) is 0 Å². The van der Waals surface area contributed by atoms with Crippen LogP contribution in [-0.2, 0) is 13.0 Å². The lowest BCUT2D eigenvalue weighted by Gasteiger charge is -2.09. The van der Waals surface area contributed by atoms with Crippen molar-refractivity contribution in [3.63, 3.8) is 0 Å². The Hall–Kier alpha value is -1.77. The normalized spacial score (nSPS) is 10.9. The summed E-state index contributed by atoms with van der Waals surface area (Å²) in [6, 6.07) is 10.6. The van der Waals surface area contributed by atoms with E-state index in [4.69, 9.17) is 4.74 Å². The third kappa shape index (κ3) is 2.92. The molecule has 1 heterocycles. The van der Waals surface area contributed by atoms with Crippen molar-refractivity contribution < 1.29 is 4.74 Å². The topological polar surface area (TPSA) is 27.1 Å². The van der Waals surface area contributed by atoms with Gasteiger partial charge >= 0.3 is 0 Å². The minimum Gasteiger partial charge on any atom is -0.487 e. The summed E-state index contributed by atoms with van der Waals surface area (Å²) in [6.45, 7) is 6.89. The molecule has 0 fully saturated rings. The Morgan fingerprint density at radius 1 is 1.22 bits per heavy atom. The fourth-order valence-corrected chi connectivity index (χ4v) is 1.83. The minimum atomic E-state index is 0.390. The summed E-state index contributed by atoms with van der Waals surface area (Å²) in [7, 11) is 0. The molecule has 0 spiro atoms. The van der Waals surface area contributed by atoms with Gasteiger partial charge < -0.3 is 4.74 Å². The molecule has 0 aliphatic heterocycles. The maximum Gasteiger partial charge on any atom is 0.132 e. The first-order chi connectivity index (χ1) is 8.70. The number of nitrogens with zero attached hydrogens (tertiary/aromatic N) is 2. The van der Waals surface area contributed by atoms with Crippen molar-refractivity contribution in [2.45, 2.75) is 39.8 Å². The molecular weight excluding hydrogens is 224 g/mol. The van der Waals surface area contributed by atoms with Crippen molar-refractivity contribution in [2.75, 3.05) is 0 Å². The fourth-order valence-electron chi connectivity index (χ4n) is 1.83. The Morgan fingerprint density at radius 3 is 2.67 bits per heavy atom. The minimum absolute atomic E-state index is 0.390. The molecule has 0 amide bonds. The molecule has 0 aliphatic carbocycles. The first-order valence-electron chi connectivity index (χ1n) is 6.45. The molecule has 0 N–H and O–H groups in total. The van der Waals surface area contributed by atoms with E-state index < -0.39 is 0 Å². The lowest BCUT2D eigenvalue weighted by molar-refractivity contribution is 0.296. The summed E-state index contributed by atoms with van der Waals surface area (Å²) < 4.78 is 7.78. The van der Waals surface area contributed by atoms with Crippen LogP contribution in [0.4, 0.5) is 0 Å². The molecule has 0 bridgehead atoms. The molecule has 0 saturated heterocycles. The highest BCUT2D eigenvalue weighted by atomic mass is 16.5. The summed E-state index contributed by atoms with van der Waals surface area (Å²) in [5, 5.41) is 4.47. The molecule has 0 aliphatic rings. The maximum atomic E-state index is 5.83. The van der Waals surface area contributed by atoms with Crippen molar-refractivity contribution in [3.05, 3.63) is 47.8 Å². The molecule has 2 rings (SSSR count). The van der Waals surface area contributed by atoms with Crippen LogP contribution in [0.15, 0.2) is 36.5 Å². The van der Waals surface area contributed by atoms with Crippen LogP contribution in [0.5, 0.6) is 5.75 Å². The van der Waals surface area contributed by atoms with Crippen LogP contribution < -0.4 is 4.74 Å². The number of hydrogen-bond acceptors (Lipinski definition) is 2. The SMILES string of the molecule is CCc1ccccc1OCc1ccn(C(C)C)n1. The maximum absolute atomic E-state index is 5.83. The highest BCUT2D eigenvalue weighted by Gasteiger charge is 2.04. The summed E-state index contributed by atoms with van der Waals surface area (Å²) in [6.07, 6.45) is 2.98. The first kappa shape index (κ1) is 12.7. The average molecular weight is 244 g/mol. The number of para-hydroxylation sites is 1. The van der Waals surface area contributed by atoms with E-state index in [-0.39, 0.29) is 0 Å². The third-order valence-corrected chi connectivity index (χ3v) is 2.92. The molecule has 3 nitrogen and oxygen atoms in total. The monoisotopic (exact) mass is 244 g/mol. The van der Waals surface area contributed by atoms with Gasteiger partial charge in [0.05, 0.1) is 5.69 Å². The fraction of sp³-hybridized carbons (Fsp3) is 0.400. The van der Waals surface area contributed by atoms with Crippen LogP contribution in [0.2, 0.25) is 0 Å². The third-order valence-electron chi connectivity index (χ3n) is 2.92. The highest BCUT2D eigenvalue weighted by molar-refractivity contribution is 5.33. The van der Waals surface area contributed by atoms with Crippen molar-refractivity contribution in [1.29, 1.82) is 0 Å². The lowest BCUT2D eigenvalue weighted by atomic mass is 10.1. The smallest absolute Gasteiger partial charge is 0.132 e. The van der Waals surface area contributed by atoms with Crippen LogP contribution in [0, 0.1) is 0 Å². The van der Waals surface area contributed by atoms with Gasteiger partial charge in [0.2, 0.25) is 0 Å². The summed E-state index contributed by atoms with van der Waals surface area (Å²) in [5.74, 6) is 0.957. The summed E-state index contributed by atoms with van der Waals surface area (Å²) in [5.41, 5.74) is 2.20. The van der Waals surface area contributed by atoms with Crippen molar-refractivity contribution in [2.24, 2.45) is 0 Å². The lowest BCUT2D eigenvalue weighted by Crippen LogP contribution is -2.04. The van der Waals surface area contributed by atoms with Crippen LogP contribution >= 0.6 is 0 Å². The Balaban J connectivity index is 2.02. The van der Waals surface area contributed by atoms with Crippen LogP contribution in [0.25, 0.3) is 0 Å². The molecule has 0 radical (unpaired) electrons. The van der Waals surface area contributed by atoms with Gasteiger partial charge in [-0.05, 0) is 38.0 Å². The summed E-state index contributed by atoms with van der Waals surface area (Å²) >= 11 is 0. The van der Waals surface area contributed by atoms with E-state index in [0.717, 1.165) is 17.9 Å². The zero-order chi connectivity index (χ0) is 13.0. The Kier molecular flexibility index (Phi) is 4.03. The van der Waals surface area contributed by atoms with Gasteiger partial charge in [0, 0.05) is 12.2 Å². The molecular formula is C15H20N2O. The zero-order valence-electron chi connectivity index (χ0n) is 11.3. The molecule has 1 aromatic heterocycles. The van der Waals surface area contributed by atoms with Gasteiger partial charge in [0.1, 0.15) is 12.4 Å². The second-order valence-electron chi connectivity index (χ2n) is 4.63. The molecule has 2 aromatic rings. The second-order valence-corrected chi connectivity index (χ2v) is 4.63. The zero-order valence-corrected chi connectivity index (χ0v) is 11.3. The molecule has 0 unspecified atom stereocenters. The second kappa shape index (κ2) is 5.71. The molecule has 96 valence electrons. The Morgan fingerprint density at radius 2 is 2.00 bits per heavy atom. The van der Waals surface area contributed by atoms with E-state index in [9.17, 15) is 0 Å². The van der Waals surface area contributed by atoms with Gasteiger partial charge in [-0.1, -0.05) is 25.1 Å². The molecule has 1 aromatic carbocycles. The number of ether oxygens (including phenoxy) is 1. The van der Waals surface area contributed by atoms with E-state index in [2.05, 4.69) is 31.9 Å². The standard InChI is InChI=1S/C15H20N2O/c1-4-13-7-5-6-8-15(13)18-11-14-9-10-17(16-14)12(2)3/h5-10,12H,4,11H2,1-3H3. The first-order valence-corrected chi connectivity index (χ1v) is 6.45. The predicted molar refractivity (Wildman–Crippen MR) is 72.8 cm³/mol. The van der Waals surface area contributed by atoms with Crippen molar-refractivity contribution in [1.82, 2.24) is 9.78 Å². The molecule has 3 heteroatoms. The Bertz CT molecular complexity index is 503. The van der Waals surface area contributed by atoms with E-state index in [1.165, 1.54) is 5.56 Å². The summed E-state index contributed by atoms with van der Waals surface area (Å²) in [4.78, 5) is 0. The van der Waals surface area contributed by atoms with Gasteiger partial charge in [-0.2, -0.15) is 5.10 Å². The molecule has 18 heavy (non-hydrogen) atoms. The number of aryl methyl sites for hydroxylation is 1. The molecule has 0 saturated carbocycles. The van der Waals surface area contributed by atoms with Crippen molar-refractivity contribution >= 4 is 0 Å². The number of benzene rings is 1. The average Bonchev–Trinajstić information content (AvgIpc) is 2.85. The number of rotatable bonds is 5. The highest BCUT2D eigenvalue weighted by Crippen LogP contribution is 2.19. The van der Waals surface area contributed by atoms with Gasteiger partial charge in [0.25, 0.3) is 0 Å². The quantitative estimate of drug-likeness (QED) is 0.803. The van der Waals surface area contributed by atoms with E-state index in [1.807, 2.05) is 35.1 Å². The molecule has 0 atom stereocenters. The van der Waals surface area contributed by atoms with Gasteiger partial charge in [-0.3, -0.25) is 4.68 Å². The number of aromatic nitrogens is 2. The van der Waals surface area contributed by atoms with Gasteiger partial charge in [-0.15, -0.1) is 0 Å². The van der Waals surface area contributed by atoms with E-state index in [0.29, 0.717) is 12.6 Å². The van der Waals surface area contributed by atoms with E-state index >= 15 is 0 Å². The Labute approximate surface area is 108 Å². The largest absolute Gasteiger partial charge is 0.487 e.